The molecule has 1 N–H and O–H groups in total. The third-order valence-corrected chi connectivity index (χ3v) is 9.78. The summed E-state index contributed by atoms with van der Waals surface area (Å²) in [6.07, 6.45) is -8.17. The van der Waals surface area contributed by atoms with E-state index in [1.165, 1.54) is 17.0 Å². The molecule has 0 radical (unpaired) electrons. The van der Waals surface area contributed by atoms with E-state index in [9.17, 15) is 35.9 Å². The highest BCUT2D eigenvalue weighted by Gasteiger charge is 2.47. The zero-order valence-electron chi connectivity index (χ0n) is 24.1. The number of nitrogens with zero attached hydrogens (tertiary/aromatic N) is 4. The van der Waals surface area contributed by atoms with Gasteiger partial charge in [0.2, 0.25) is 0 Å². The van der Waals surface area contributed by atoms with Gasteiger partial charge in [-0.2, -0.15) is 26.3 Å². The average Bonchev–Trinajstić information content (AvgIpc) is 3.28. The lowest BCUT2D eigenvalue weighted by atomic mass is 9.72. The summed E-state index contributed by atoms with van der Waals surface area (Å²) in [5.74, 6) is -0.868. The second-order valence-corrected chi connectivity index (χ2v) is 12.7. The van der Waals surface area contributed by atoms with Crippen LogP contribution in [0.4, 0.5) is 36.8 Å². The van der Waals surface area contributed by atoms with Gasteiger partial charge in [-0.25, -0.2) is 4.79 Å². The largest absolute Gasteiger partial charge is 0.480 e. The molecular formula is C29H38F6N4O4. The highest BCUT2D eigenvalue weighted by Crippen LogP contribution is 2.43. The van der Waals surface area contributed by atoms with E-state index in [4.69, 9.17) is 5.11 Å². The molecular weight excluding hydrogens is 582 g/mol. The van der Waals surface area contributed by atoms with Crippen molar-refractivity contribution < 1.29 is 45.8 Å². The number of benzene rings is 1. The molecule has 1 unspecified atom stereocenters. The molecule has 0 saturated carbocycles. The van der Waals surface area contributed by atoms with Gasteiger partial charge in [0.05, 0.1) is 12.1 Å². The molecule has 43 heavy (non-hydrogen) atoms. The first kappa shape index (κ1) is 31.7. The molecule has 14 heteroatoms. The molecule has 4 saturated heterocycles. The minimum Gasteiger partial charge on any atom is -0.480 e. The zero-order valence-corrected chi connectivity index (χ0v) is 24.1. The lowest BCUT2D eigenvalue weighted by molar-refractivity contribution is -0.200. The Morgan fingerprint density at radius 3 is 2.16 bits per heavy atom. The second-order valence-electron chi connectivity index (χ2n) is 12.7. The van der Waals surface area contributed by atoms with E-state index in [0.717, 1.165) is 32.6 Å². The van der Waals surface area contributed by atoms with Crippen molar-refractivity contribution in [2.45, 2.75) is 76.0 Å². The number of carboxylic acid groups (broad SMARTS) is 1. The Balaban J connectivity index is 1.24. The number of piperidine rings is 2. The van der Waals surface area contributed by atoms with Crippen LogP contribution in [-0.2, 0) is 22.3 Å². The van der Waals surface area contributed by atoms with Crippen molar-refractivity contribution in [3.8, 4) is 0 Å². The fourth-order valence-corrected chi connectivity index (χ4v) is 7.30. The van der Waals surface area contributed by atoms with Crippen molar-refractivity contribution in [1.82, 2.24) is 14.7 Å². The second kappa shape index (κ2) is 11.6. The molecule has 4 aliphatic heterocycles. The first-order valence-corrected chi connectivity index (χ1v) is 14.8. The van der Waals surface area contributed by atoms with Gasteiger partial charge in [-0.05, 0) is 81.2 Å². The summed E-state index contributed by atoms with van der Waals surface area (Å²) >= 11 is 0. The summed E-state index contributed by atoms with van der Waals surface area (Å²) in [4.78, 5) is 30.6. The molecule has 5 rings (SSSR count). The fraction of sp³-hybridized carbons (Fsp3) is 0.724. The van der Waals surface area contributed by atoms with Crippen molar-refractivity contribution in [2.24, 2.45) is 5.41 Å². The number of aliphatic carboxylic acids is 1. The predicted octanol–water partition coefficient (Wildman–Crippen LogP) is 5.21. The Morgan fingerprint density at radius 1 is 0.930 bits per heavy atom. The Hall–Kier alpha value is -2.74. The molecule has 1 aromatic rings. The van der Waals surface area contributed by atoms with E-state index >= 15 is 0 Å². The number of likely N-dealkylation sites (tertiary alicyclic amines) is 3. The number of hydrogen-bond donors (Lipinski definition) is 1. The average molecular weight is 621 g/mol. The number of alkyl halides is 6. The van der Waals surface area contributed by atoms with Gasteiger partial charge in [0, 0.05) is 57.0 Å². The van der Waals surface area contributed by atoms with Crippen molar-refractivity contribution >= 4 is 17.7 Å². The summed E-state index contributed by atoms with van der Waals surface area (Å²) in [6.45, 7) is 4.76. The van der Waals surface area contributed by atoms with Crippen molar-refractivity contribution in [1.29, 1.82) is 0 Å². The highest BCUT2D eigenvalue weighted by molar-refractivity contribution is 5.69. The van der Waals surface area contributed by atoms with Gasteiger partial charge in [0.15, 0.2) is 6.10 Å². The van der Waals surface area contributed by atoms with Gasteiger partial charge < -0.3 is 19.6 Å². The van der Waals surface area contributed by atoms with E-state index < -0.39 is 36.1 Å². The number of hydrogen-bond acceptors (Lipinski definition) is 6. The minimum absolute atomic E-state index is 0.000175. The fourth-order valence-electron chi connectivity index (χ4n) is 7.30. The normalized spacial score (nSPS) is 23.4. The Kier molecular flexibility index (Phi) is 8.58. The number of anilines is 1. The number of carboxylic acids is 1. The third-order valence-electron chi connectivity index (χ3n) is 9.78. The van der Waals surface area contributed by atoms with E-state index in [-0.39, 0.29) is 30.6 Å². The molecule has 4 heterocycles. The monoisotopic (exact) mass is 620 g/mol. The van der Waals surface area contributed by atoms with Crippen LogP contribution in [0.5, 0.6) is 0 Å². The molecule has 240 valence electrons. The third kappa shape index (κ3) is 7.00. The number of carbonyl (C=O) groups excluding carboxylic acids is 1. The van der Waals surface area contributed by atoms with Gasteiger partial charge in [0.1, 0.15) is 0 Å². The van der Waals surface area contributed by atoms with Gasteiger partial charge in [-0.15, -0.1) is 0 Å². The number of amides is 1. The maximum Gasteiger partial charge on any atom is 0.425 e. The van der Waals surface area contributed by atoms with Crippen LogP contribution in [0.2, 0.25) is 0 Å². The van der Waals surface area contributed by atoms with Crippen LogP contribution in [0.25, 0.3) is 0 Å². The molecule has 0 bridgehead atoms. The molecule has 2 spiro atoms. The van der Waals surface area contributed by atoms with Crippen molar-refractivity contribution in [2.75, 3.05) is 57.3 Å². The summed E-state index contributed by atoms with van der Waals surface area (Å²) in [5.41, 5.74) is 0.0325. The van der Waals surface area contributed by atoms with Crippen molar-refractivity contribution in [3.63, 3.8) is 0 Å². The quantitative estimate of drug-likeness (QED) is 0.438. The highest BCUT2D eigenvalue weighted by atomic mass is 19.4. The molecule has 1 atom stereocenters. The van der Waals surface area contributed by atoms with E-state index in [1.54, 1.807) is 0 Å². The van der Waals surface area contributed by atoms with Crippen molar-refractivity contribution in [3.05, 3.63) is 29.3 Å². The number of halogens is 6. The Bertz CT molecular complexity index is 1180. The molecule has 8 nitrogen and oxygen atoms in total. The zero-order chi connectivity index (χ0) is 31.2. The van der Waals surface area contributed by atoms with Crippen LogP contribution in [0.1, 0.15) is 56.6 Å². The maximum absolute atomic E-state index is 14.0. The van der Waals surface area contributed by atoms with Crippen LogP contribution >= 0.6 is 0 Å². The molecule has 0 aliphatic carbocycles. The van der Waals surface area contributed by atoms with E-state index in [0.29, 0.717) is 63.4 Å². The summed E-state index contributed by atoms with van der Waals surface area (Å²) < 4.78 is 85.1. The molecule has 4 aliphatic rings. The molecule has 0 aromatic heterocycles. The smallest absolute Gasteiger partial charge is 0.425 e. The predicted molar refractivity (Wildman–Crippen MR) is 145 cm³/mol. The molecule has 4 fully saturated rings. The maximum atomic E-state index is 14.0. The minimum atomic E-state index is -4.64. The van der Waals surface area contributed by atoms with Crippen LogP contribution in [-0.4, -0.2) is 102 Å². The van der Waals surface area contributed by atoms with E-state index in [2.05, 4.69) is 9.64 Å². The number of rotatable bonds is 6. The van der Waals surface area contributed by atoms with E-state index in [1.807, 2.05) is 15.9 Å². The summed E-state index contributed by atoms with van der Waals surface area (Å²) in [6, 6.07) is 4.22. The molecule has 1 amide bonds. The van der Waals surface area contributed by atoms with Gasteiger partial charge in [-0.3, -0.25) is 14.6 Å². The number of ether oxygens (including phenoxy) is 1. The first-order valence-electron chi connectivity index (χ1n) is 14.8. The van der Waals surface area contributed by atoms with Gasteiger partial charge in [0.25, 0.3) is 0 Å². The van der Waals surface area contributed by atoms with Crippen LogP contribution in [0.3, 0.4) is 0 Å². The topological polar surface area (TPSA) is 76.6 Å². The standard InChI is InChI=1S/C29H38F6N4O4/c1-20(28(30,31)32)43-25(42)38-11-6-27(7-12-38)3-2-8-39(27)16-21-13-22(29(33,34)35)15-23(14-21)37-9-4-26(5-10-37)18-36(19-26)17-24(40)41/h13-15,20H,2-12,16-19H2,1H3,(H,40,41). The Morgan fingerprint density at radius 2 is 1.58 bits per heavy atom. The lowest BCUT2D eigenvalue weighted by Gasteiger charge is -2.54. The summed E-state index contributed by atoms with van der Waals surface area (Å²) in [5, 5.41) is 9.01. The first-order chi connectivity index (χ1) is 20.1. The van der Waals surface area contributed by atoms with Crippen LogP contribution in [0.15, 0.2) is 18.2 Å². The van der Waals surface area contributed by atoms with Crippen LogP contribution < -0.4 is 4.90 Å². The summed E-state index contributed by atoms with van der Waals surface area (Å²) in [7, 11) is 0. The SMILES string of the molecule is CC(OC(=O)N1CCC2(CCCN2Cc2cc(N3CCC4(CC3)CN(CC(=O)O)C4)cc(C(F)(F)F)c2)CC1)C(F)(F)F. The lowest BCUT2D eigenvalue weighted by Crippen LogP contribution is -2.61. The molecule has 1 aromatic carbocycles. The Labute approximate surface area is 246 Å². The van der Waals surface area contributed by atoms with Gasteiger partial charge in [-0.1, -0.05) is 0 Å². The number of carbonyl (C=O) groups is 2. The van der Waals surface area contributed by atoms with Gasteiger partial charge >= 0.3 is 24.4 Å². The van der Waals surface area contributed by atoms with Crippen LogP contribution in [0, 0.1) is 5.41 Å².